The fourth-order valence-electron chi connectivity index (χ4n) is 6.43. The van der Waals surface area contributed by atoms with Crippen molar-refractivity contribution in [1.82, 2.24) is 0 Å². The Hall–Kier alpha value is -4.73. The van der Waals surface area contributed by atoms with Crippen molar-refractivity contribution in [2.24, 2.45) is 5.73 Å². The Morgan fingerprint density at radius 3 is 1.52 bits per heavy atom. The number of sulfone groups is 2. The SMILES string of the molecule is CN(C)c1cccc2c(S(=O)(=O)c3cc4c(NCCN)cccc4c(S(=O)(=O)O)c3S(=O)(=O)c3cccc4c(N(C)C)cccc34)cccc12. The van der Waals surface area contributed by atoms with Gasteiger partial charge in [-0.2, -0.15) is 8.42 Å². The van der Waals surface area contributed by atoms with Crippen LogP contribution in [-0.4, -0.2) is 71.1 Å². The van der Waals surface area contributed by atoms with Crippen LogP contribution in [0.4, 0.5) is 17.1 Å². The molecule has 6 rings (SSSR count). The van der Waals surface area contributed by atoms with Crippen molar-refractivity contribution in [3.8, 4) is 0 Å². The largest absolute Gasteiger partial charge is 0.383 e. The fourth-order valence-corrected chi connectivity index (χ4v) is 11.8. The predicted molar refractivity (Wildman–Crippen MR) is 199 cm³/mol. The lowest BCUT2D eigenvalue weighted by molar-refractivity contribution is 0.480. The molecule has 0 aliphatic carbocycles. The molecule has 0 bridgehead atoms. The molecule has 0 amide bonds. The summed E-state index contributed by atoms with van der Waals surface area (Å²) in [5, 5.41) is 4.59. The molecule has 50 heavy (non-hydrogen) atoms. The maximum absolute atomic E-state index is 15.1. The van der Waals surface area contributed by atoms with Crippen LogP contribution in [0, 0.1) is 0 Å². The zero-order chi connectivity index (χ0) is 36.2. The van der Waals surface area contributed by atoms with E-state index in [1.165, 1.54) is 30.3 Å². The zero-order valence-corrected chi connectivity index (χ0v) is 30.2. The molecule has 0 unspecified atom stereocenters. The number of nitrogens with one attached hydrogen (secondary N) is 1. The average molecular weight is 733 g/mol. The topological polar surface area (TPSA) is 167 Å². The van der Waals surface area contributed by atoms with Crippen molar-refractivity contribution in [3.05, 3.63) is 97.1 Å². The van der Waals surface area contributed by atoms with E-state index in [2.05, 4.69) is 5.32 Å². The van der Waals surface area contributed by atoms with Crippen molar-refractivity contribution < 1.29 is 29.8 Å². The van der Waals surface area contributed by atoms with Gasteiger partial charge < -0.3 is 20.9 Å². The number of hydrogen-bond donors (Lipinski definition) is 3. The van der Waals surface area contributed by atoms with E-state index < -0.39 is 44.5 Å². The predicted octanol–water partition coefficient (Wildman–Crippen LogP) is 5.56. The van der Waals surface area contributed by atoms with E-state index in [1.807, 2.05) is 25.1 Å². The molecule has 6 aromatic rings. The van der Waals surface area contributed by atoms with Gasteiger partial charge in [-0.15, -0.1) is 0 Å². The third-order valence-corrected chi connectivity index (χ3v) is 13.5. The van der Waals surface area contributed by atoms with Crippen LogP contribution in [0.5, 0.6) is 0 Å². The summed E-state index contributed by atoms with van der Waals surface area (Å²) in [4.78, 5) is 0.154. The molecule has 0 saturated carbocycles. The van der Waals surface area contributed by atoms with Crippen LogP contribution in [0.25, 0.3) is 32.3 Å². The molecule has 0 aromatic heterocycles. The van der Waals surface area contributed by atoms with Gasteiger partial charge in [-0.3, -0.25) is 4.55 Å². The van der Waals surface area contributed by atoms with Crippen molar-refractivity contribution in [1.29, 1.82) is 0 Å². The highest BCUT2D eigenvalue weighted by Crippen LogP contribution is 2.45. The van der Waals surface area contributed by atoms with Gasteiger partial charge in [0, 0.05) is 90.7 Å². The monoisotopic (exact) mass is 732 g/mol. The van der Waals surface area contributed by atoms with E-state index in [9.17, 15) is 13.0 Å². The Bertz CT molecular complexity index is 2660. The summed E-state index contributed by atoms with van der Waals surface area (Å²) in [5.74, 6) is 0. The molecule has 14 heteroatoms. The highest BCUT2D eigenvalue weighted by atomic mass is 32.2. The third-order valence-electron chi connectivity index (χ3n) is 8.59. The summed E-state index contributed by atoms with van der Waals surface area (Å²) in [6, 6.07) is 24.9. The molecular weight excluding hydrogens is 697 g/mol. The zero-order valence-electron chi connectivity index (χ0n) is 27.7. The van der Waals surface area contributed by atoms with Gasteiger partial charge in [-0.25, -0.2) is 16.8 Å². The minimum atomic E-state index is -5.40. The number of fused-ring (bicyclic) bond motifs is 3. The molecule has 0 aliphatic heterocycles. The minimum absolute atomic E-state index is 0.0631. The highest BCUT2D eigenvalue weighted by Gasteiger charge is 2.39. The summed E-state index contributed by atoms with van der Waals surface area (Å²) in [6.07, 6.45) is 0. The van der Waals surface area contributed by atoms with Gasteiger partial charge >= 0.3 is 0 Å². The second kappa shape index (κ2) is 12.9. The third kappa shape index (κ3) is 5.82. The first-order valence-electron chi connectivity index (χ1n) is 15.5. The molecule has 11 nitrogen and oxygen atoms in total. The van der Waals surface area contributed by atoms with Gasteiger partial charge in [0.1, 0.15) is 9.79 Å². The van der Waals surface area contributed by atoms with Crippen LogP contribution in [0.1, 0.15) is 0 Å². The summed E-state index contributed by atoms with van der Waals surface area (Å²) < 4.78 is 98.2. The smallest absolute Gasteiger partial charge is 0.296 e. The van der Waals surface area contributed by atoms with Crippen molar-refractivity contribution in [2.45, 2.75) is 24.5 Å². The number of anilines is 3. The first kappa shape index (κ1) is 35.1. The molecule has 0 fully saturated rings. The summed E-state index contributed by atoms with van der Waals surface area (Å²) in [7, 11) is -8.07. The second-order valence-electron chi connectivity index (χ2n) is 12.2. The lowest BCUT2D eigenvalue weighted by atomic mass is 10.1. The molecule has 6 aromatic carbocycles. The highest BCUT2D eigenvalue weighted by molar-refractivity contribution is 7.95. The van der Waals surface area contributed by atoms with E-state index >= 15 is 16.8 Å². The van der Waals surface area contributed by atoms with Crippen LogP contribution in [0.15, 0.2) is 122 Å². The molecule has 0 aliphatic rings. The van der Waals surface area contributed by atoms with Crippen LogP contribution in [0.3, 0.4) is 0 Å². The van der Waals surface area contributed by atoms with Crippen molar-refractivity contribution in [2.75, 3.05) is 56.4 Å². The van der Waals surface area contributed by atoms with Gasteiger partial charge in [-0.05, 0) is 36.4 Å². The summed E-state index contributed by atoms with van der Waals surface area (Å²) in [5.41, 5.74) is 7.42. The molecule has 4 N–H and O–H groups in total. The average Bonchev–Trinajstić information content (AvgIpc) is 3.08. The maximum Gasteiger partial charge on any atom is 0.296 e. The first-order valence-corrected chi connectivity index (χ1v) is 19.9. The lowest BCUT2D eigenvalue weighted by Crippen LogP contribution is -2.18. The second-order valence-corrected chi connectivity index (χ2v) is 17.3. The Morgan fingerprint density at radius 2 is 1.02 bits per heavy atom. The van der Waals surface area contributed by atoms with E-state index in [1.54, 1.807) is 73.6 Å². The molecule has 0 radical (unpaired) electrons. The minimum Gasteiger partial charge on any atom is -0.383 e. The van der Waals surface area contributed by atoms with E-state index in [0.717, 1.165) is 6.07 Å². The van der Waals surface area contributed by atoms with Gasteiger partial charge in [0.15, 0.2) is 0 Å². The number of rotatable bonds is 10. The van der Waals surface area contributed by atoms with Gasteiger partial charge in [-0.1, -0.05) is 60.7 Å². The van der Waals surface area contributed by atoms with E-state index in [4.69, 9.17) is 5.73 Å². The number of nitrogens with zero attached hydrogens (tertiary/aromatic N) is 2. The van der Waals surface area contributed by atoms with Crippen LogP contribution in [0.2, 0.25) is 0 Å². The summed E-state index contributed by atoms with van der Waals surface area (Å²) >= 11 is 0. The molecule has 0 saturated heterocycles. The fraction of sp³-hybridized carbons (Fsp3) is 0.167. The Labute approximate surface area is 291 Å². The molecule has 0 atom stereocenters. The number of hydrogen-bond acceptors (Lipinski definition) is 10. The van der Waals surface area contributed by atoms with Crippen molar-refractivity contribution >= 4 is 79.2 Å². The van der Waals surface area contributed by atoms with E-state index in [0.29, 0.717) is 33.2 Å². The van der Waals surface area contributed by atoms with Gasteiger partial charge in [0.05, 0.1) is 14.7 Å². The van der Waals surface area contributed by atoms with Crippen LogP contribution < -0.4 is 20.9 Å². The Balaban J connectivity index is 1.83. The Kier molecular flexibility index (Phi) is 9.03. The molecule has 260 valence electrons. The standard InChI is InChI=1S/C36H36N4O7S3/c1-39(2)30-16-6-12-25-23(30)10-8-18-32(25)48(41,42)34-22-28-27(14-5-15-29(28)38-21-20-37)35(50(45,46)47)36(34)49(43,44)33-19-9-11-24-26(33)13-7-17-31(24)40(3)4/h5-19,22,38H,20-21,37H2,1-4H3,(H,45,46,47). The van der Waals surface area contributed by atoms with Crippen molar-refractivity contribution in [3.63, 3.8) is 0 Å². The van der Waals surface area contributed by atoms with Gasteiger partial charge in [0.2, 0.25) is 19.7 Å². The summed E-state index contributed by atoms with van der Waals surface area (Å²) in [6.45, 7) is 0.433. The van der Waals surface area contributed by atoms with Crippen LogP contribution in [-0.2, 0) is 29.8 Å². The quantitative estimate of drug-likeness (QED) is 0.151. The molecule has 0 spiro atoms. The normalized spacial score (nSPS) is 12.4. The number of nitrogens with two attached hydrogens (primary N) is 1. The van der Waals surface area contributed by atoms with Gasteiger partial charge in [0.25, 0.3) is 10.1 Å². The Morgan fingerprint density at radius 1 is 0.560 bits per heavy atom. The molecular formula is C36H36N4O7S3. The van der Waals surface area contributed by atoms with Crippen LogP contribution >= 0.6 is 0 Å². The maximum atomic E-state index is 15.1. The number of benzene rings is 6. The first-order chi connectivity index (χ1) is 23.6. The molecule has 0 heterocycles. The van der Waals surface area contributed by atoms with E-state index in [-0.39, 0.29) is 39.0 Å². The lowest BCUT2D eigenvalue weighted by Gasteiger charge is -2.21.